The fraction of sp³-hybridized carbons (Fsp3) is 0.647. The SMILES string of the molecule is CC(C)(C)[Si](C)(C)OCCCCNCc1ccccc1. The number of nitrogens with one attached hydrogen (secondary N) is 1. The lowest BCUT2D eigenvalue weighted by atomic mass is 10.2. The quantitative estimate of drug-likeness (QED) is 0.559. The zero-order valence-electron chi connectivity index (χ0n) is 13.8. The van der Waals surface area contributed by atoms with Gasteiger partial charge < -0.3 is 9.74 Å². The minimum Gasteiger partial charge on any atom is -0.417 e. The predicted octanol–water partition coefficient (Wildman–Crippen LogP) is 4.58. The van der Waals surface area contributed by atoms with Crippen LogP contribution in [0.1, 0.15) is 39.2 Å². The summed E-state index contributed by atoms with van der Waals surface area (Å²) in [6.45, 7) is 14.5. The number of hydrogen-bond donors (Lipinski definition) is 1. The molecule has 2 nitrogen and oxygen atoms in total. The molecule has 1 N–H and O–H groups in total. The second kappa shape index (κ2) is 7.96. The minimum absolute atomic E-state index is 0.318. The first-order valence-corrected chi connectivity index (χ1v) is 10.6. The van der Waals surface area contributed by atoms with Crippen molar-refractivity contribution in [2.45, 2.75) is 58.3 Å². The van der Waals surface area contributed by atoms with E-state index in [1.165, 1.54) is 12.0 Å². The molecule has 20 heavy (non-hydrogen) atoms. The van der Waals surface area contributed by atoms with E-state index in [0.29, 0.717) is 5.04 Å². The fourth-order valence-corrected chi connectivity index (χ4v) is 2.81. The van der Waals surface area contributed by atoms with E-state index in [2.05, 4.69) is 69.5 Å². The lowest BCUT2D eigenvalue weighted by Crippen LogP contribution is -2.41. The van der Waals surface area contributed by atoms with Crippen molar-refractivity contribution in [1.82, 2.24) is 5.32 Å². The van der Waals surface area contributed by atoms with Crippen LogP contribution in [0.5, 0.6) is 0 Å². The molecule has 0 aliphatic heterocycles. The molecular weight excluding hydrogens is 262 g/mol. The van der Waals surface area contributed by atoms with Crippen molar-refractivity contribution in [3.8, 4) is 0 Å². The highest BCUT2D eigenvalue weighted by Crippen LogP contribution is 2.36. The number of rotatable bonds is 8. The maximum Gasteiger partial charge on any atom is 0.191 e. The molecule has 0 atom stereocenters. The molecule has 0 heterocycles. The zero-order chi connectivity index (χ0) is 15.1. The van der Waals surface area contributed by atoms with E-state index >= 15 is 0 Å². The second-order valence-corrected chi connectivity index (χ2v) is 11.8. The Balaban J connectivity index is 2.06. The van der Waals surface area contributed by atoms with Gasteiger partial charge in [-0.15, -0.1) is 0 Å². The number of benzene rings is 1. The van der Waals surface area contributed by atoms with Gasteiger partial charge in [-0.1, -0.05) is 51.1 Å². The average Bonchev–Trinajstić information content (AvgIpc) is 2.37. The third kappa shape index (κ3) is 6.20. The molecule has 1 rings (SSSR count). The van der Waals surface area contributed by atoms with E-state index in [4.69, 9.17) is 4.43 Å². The lowest BCUT2D eigenvalue weighted by Gasteiger charge is -2.36. The third-order valence-corrected chi connectivity index (χ3v) is 8.73. The maximum absolute atomic E-state index is 6.17. The minimum atomic E-state index is -1.55. The Morgan fingerprint density at radius 1 is 1.05 bits per heavy atom. The van der Waals surface area contributed by atoms with E-state index in [9.17, 15) is 0 Å². The maximum atomic E-state index is 6.17. The van der Waals surface area contributed by atoms with Gasteiger partial charge in [0.2, 0.25) is 0 Å². The van der Waals surface area contributed by atoms with Gasteiger partial charge in [0.25, 0.3) is 0 Å². The average molecular weight is 294 g/mol. The largest absolute Gasteiger partial charge is 0.417 e. The zero-order valence-corrected chi connectivity index (χ0v) is 14.8. The third-order valence-electron chi connectivity index (χ3n) is 4.19. The molecule has 0 spiro atoms. The summed E-state index contributed by atoms with van der Waals surface area (Å²) in [5.41, 5.74) is 1.35. The Morgan fingerprint density at radius 2 is 1.70 bits per heavy atom. The molecule has 0 aliphatic carbocycles. The smallest absolute Gasteiger partial charge is 0.191 e. The second-order valence-electron chi connectivity index (χ2n) is 6.98. The van der Waals surface area contributed by atoms with Crippen LogP contribution in [0, 0.1) is 0 Å². The van der Waals surface area contributed by atoms with Crippen LogP contribution in [-0.2, 0) is 11.0 Å². The summed E-state index contributed by atoms with van der Waals surface area (Å²) in [5, 5.41) is 3.80. The molecule has 0 aromatic heterocycles. The summed E-state index contributed by atoms with van der Waals surface area (Å²) in [4.78, 5) is 0. The van der Waals surface area contributed by atoms with Crippen molar-refractivity contribution in [2.24, 2.45) is 0 Å². The molecule has 0 aliphatic rings. The van der Waals surface area contributed by atoms with Gasteiger partial charge in [0.15, 0.2) is 8.32 Å². The van der Waals surface area contributed by atoms with Gasteiger partial charge in [-0.2, -0.15) is 0 Å². The van der Waals surface area contributed by atoms with Crippen LogP contribution >= 0.6 is 0 Å². The molecule has 0 amide bonds. The molecule has 114 valence electrons. The highest BCUT2D eigenvalue weighted by molar-refractivity contribution is 6.74. The van der Waals surface area contributed by atoms with Crippen molar-refractivity contribution < 1.29 is 4.43 Å². The molecule has 0 radical (unpaired) electrons. The highest BCUT2D eigenvalue weighted by atomic mass is 28.4. The van der Waals surface area contributed by atoms with Crippen LogP contribution in [0.15, 0.2) is 30.3 Å². The predicted molar refractivity (Wildman–Crippen MR) is 90.5 cm³/mol. The molecule has 3 heteroatoms. The standard InChI is InChI=1S/C17H31NOSi/c1-17(2,3)20(4,5)19-14-10-9-13-18-15-16-11-7-6-8-12-16/h6-8,11-12,18H,9-10,13-15H2,1-5H3. The van der Waals surface area contributed by atoms with Crippen LogP contribution in [0.4, 0.5) is 0 Å². The Kier molecular flexibility index (Phi) is 6.93. The molecule has 1 aromatic rings. The van der Waals surface area contributed by atoms with Crippen molar-refractivity contribution in [1.29, 1.82) is 0 Å². The molecule has 0 unspecified atom stereocenters. The first kappa shape index (κ1) is 17.4. The van der Waals surface area contributed by atoms with Crippen LogP contribution < -0.4 is 5.32 Å². The summed E-state index contributed by atoms with van der Waals surface area (Å²) < 4.78 is 6.17. The van der Waals surface area contributed by atoms with Gasteiger partial charge in [-0.25, -0.2) is 0 Å². The van der Waals surface area contributed by atoms with Gasteiger partial charge >= 0.3 is 0 Å². The highest BCUT2D eigenvalue weighted by Gasteiger charge is 2.36. The van der Waals surface area contributed by atoms with Crippen LogP contribution in [0.25, 0.3) is 0 Å². The number of hydrogen-bond acceptors (Lipinski definition) is 2. The van der Waals surface area contributed by atoms with Gasteiger partial charge in [0, 0.05) is 13.2 Å². The summed E-state index contributed by atoms with van der Waals surface area (Å²) in [7, 11) is -1.55. The summed E-state index contributed by atoms with van der Waals surface area (Å²) in [6.07, 6.45) is 2.33. The van der Waals surface area contributed by atoms with E-state index in [0.717, 1.165) is 26.1 Å². The Bertz CT molecular complexity index is 370. The van der Waals surface area contributed by atoms with Crippen molar-refractivity contribution >= 4 is 8.32 Å². The topological polar surface area (TPSA) is 21.3 Å². The van der Waals surface area contributed by atoms with Crippen molar-refractivity contribution in [3.05, 3.63) is 35.9 Å². The van der Waals surface area contributed by atoms with Crippen LogP contribution in [0.2, 0.25) is 18.1 Å². The first-order valence-electron chi connectivity index (χ1n) is 7.71. The van der Waals surface area contributed by atoms with E-state index in [-0.39, 0.29) is 0 Å². The lowest BCUT2D eigenvalue weighted by molar-refractivity contribution is 0.278. The molecule has 0 saturated carbocycles. The summed E-state index contributed by atoms with van der Waals surface area (Å²) in [6, 6.07) is 10.6. The van der Waals surface area contributed by atoms with Gasteiger partial charge in [-0.05, 0) is 43.1 Å². The molecule has 0 bridgehead atoms. The summed E-state index contributed by atoms with van der Waals surface area (Å²) >= 11 is 0. The molecule has 0 saturated heterocycles. The molecular formula is C17H31NOSi. The van der Waals surface area contributed by atoms with Crippen molar-refractivity contribution in [2.75, 3.05) is 13.2 Å². The Morgan fingerprint density at radius 3 is 2.30 bits per heavy atom. The van der Waals surface area contributed by atoms with Crippen molar-refractivity contribution in [3.63, 3.8) is 0 Å². The van der Waals surface area contributed by atoms with Gasteiger partial charge in [0.05, 0.1) is 0 Å². The van der Waals surface area contributed by atoms with E-state index in [1.807, 2.05) is 0 Å². The monoisotopic (exact) mass is 293 g/mol. The van der Waals surface area contributed by atoms with Crippen LogP contribution in [0.3, 0.4) is 0 Å². The fourth-order valence-electron chi connectivity index (χ4n) is 1.72. The summed E-state index contributed by atoms with van der Waals surface area (Å²) in [5.74, 6) is 0. The van der Waals surface area contributed by atoms with E-state index < -0.39 is 8.32 Å². The Labute approximate surface area is 126 Å². The van der Waals surface area contributed by atoms with Crippen LogP contribution in [-0.4, -0.2) is 21.5 Å². The molecule has 1 aromatic carbocycles. The Hall–Kier alpha value is -0.643. The van der Waals surface area contributed by atoms with E-state index in [1.54, 1.807) is 0 Å². The normalized spacial score (nSPS) is 12.7. The first-order chi connectivity index (χ1) is 9.33. The van der Waals surface area contributed by atoms with Gasteiger partial charge in [-0.3, -0.25) is 0 Å². The molecule has 0 fully saturated rings. The number of unbranched alkanes of at least 4 members (excludes halogenated alkanes) is 1. The van der Waals surface area contributed by atoms with Gasteiger partial charge in [0.1, 0.15) is 0 Å².